The van der Waals surface area contributed by atoms with Crippen molar-refractivity contribution in [3.63, 3.8) is 0 Å². The SMILES string of the molecule is COc1cc(NC23CCC2CC=C(F)C(n2cc(CN4CC(O)C4)c(-c4ccoc4)c2)=N3)cc(OC)c1OC. The predicted molar refractivity (Wildman–Crippen MR) is 145 cm³/mol. The molecule has 2 unspecified atom stereocenters. The van der Waals surface area contributed by atoms with Crippen molar-refractivity contribution in [2.75, 3.05) is 39.7 Å². The Hall–Kier alpha value is -3.76. The molecule has 2 atom stereocenters. The third kappa shape index (κ3) is 4.57. The molecule has 2 N–H and O–H groups in total. The maximum absolute atomic E-state index is 15.7. The van der Waals surface area contributed by atoms with Gasteiger partial charge in [-0.3, -0.25) is 4.90 Å². The van der Waals surface area contributed by atoms with E-state index in [1.54, 1.807) is 44.5 Å². The third-order valence-corrected chi connectivity index (χ3v) is 7.99. The minimum Gasteiger partial charge on any atom is -0.493 e. The fourth-order valence-corrected chi connectivity index (χ4v) is 5.77. The second kappa shape index (κ2) is 10.1. The molecular weight excluding hydrogens is 503 g/mol. The Morgan fingerprint density at radius 3 is 2.51 bits per heavy atom. The van der Waals surface area contributed by atoms with Crippen molar-refractivity contribution in [3.8, 4) is 28.4 Å². The molecule has 0 bridgehead atoms. The van der Waals surface area contributed by atoms with E-state index in [0.29, 0.717) is 43.3 Å². The van der Waals surface area contributed by atoms with Crippen molar-refractivity contribution in [2.24, 2.45) is 10.9 Å². The number of allylic oxidation sites excluding steroid dienone is 2. The topological polar surface area (TPSA) is 93.6 Å². The zero-order valence-electron chi connectivity index (χ0n) is 22.3. The second-order valence-electron chi connectivity index (χ2n) is 10.4. The number of rotatable bonds is 8. The Bertz CT molecular complexity index is 1380. The molecule has 2 aliphatic heterocycles. The zero-order valence-corrected chi connectivity index (χ0v) is 22.3. The second-order valence-corrected chi connectivity index (χ2v) is 10.4. The van der Waals surface area contributed by atoms with Crippen LogP contribution in [0.25, 0.3) is 11.1 Å². The Labute approximate surface area is 226 Å². The number of nitrogens with one attached hydrogen (secondary N) is 1. The third-order valence-electron chi connectivity index (χ3n) is 7.99. The summed E-state index contributed by atoms with van der Waals surface area (Å²) in [5, 5.41) is 13.4. The fraction of sp³-hybridized carbons (Fsp3) is 0.414. The van der Waals surface area contributed by atoms with Crippen LogP contribution in [0.1, 0.15) is 24.8 Å². The summed E-state index contributed by atoms with van der Waals surface area (Å²) < 4.78 is 39.3. The molecule has 1 saturated carbocycles. The van der Waals surface area contributed by atoms with E-state index in [1.165, 1.54) is 0 Å². The normalized spacial score (nSPS) is 23.1. The first kappa shape index (κ1) is 25.5. The highest BCUT2D eigenvalue weighted by atomic mass is 19.1. The molecule has 0 amide bonds. The molecule has 1 aliphatic carbocycles. The minimum absolute atomic E-state index is 0.130. The van der Waals surface area contributed by atoms with Gasteiger partial charge in [0.1, 0.15) is 5.66 Å². The number of furan rings is 1. The van der Waals surface area contributed by atoms with Crippen molar-refractivity contribution in [3.05, 3.63) is 60.6 Å². The van der Waals surface area contributed by atoms with E-state index in [9.17, 15) is 5.11 Å². The predicted octanol–water partition coefficient (Wildman–Crippen LogP) is 4.67. The Morgan fingerprint density at radius 1 is 1.15 bits per heavy atom. The number of methoxy groups -OCH3 is 3. The number of anilines is 1. The van der Waals surface area contributed by atoms with Crippen LogP contribution in [0, 0.1) is 5.92 Å². The van der Waals surface area contributed by atoms with Gasteiger partial charge in [-0.25, -0.2) is 9.38 Å². The average Bonchev–Trinajstić information content (AvgIpc) is 3.57. The maximum atomic E-state index is 15.7. The van der Waals surface area contributed by atoms with Crippen molar-refractivity contribution < 1.29 is 28.1 Å². The lowest BCUT2D eigenvalue weighted by Crippen LogP contribution is -2.52. The van der Waals surface area contributed by atoms with Crippen LogP contribution in [-0.2, 0) is 6.54 Å². The number of aliphatic hydroxyl groups excluding tert-OH is 1. The van der Waals surface area contributed by atoms with Gasteiger partial charge in [0.15, 0.2) is 23.2 Å². The summed E-state index contributed by atoms with van der Waals surface area (Å²) in [5.74, 6) is 1.61. The number of β-amino-alcohol motifs (C(OH)–C–C–N with tert-alkyl or cyclic N) is 1. The lowest BCUT2D eigenvalue weighted by molar-refractivity contribution is -0.00277. The monoisotopic (exact) mass is 536 g/mol. The van der Waals surface area contributed by atoms with Crippen molar-refractivity contribution in [1.82, 2.24) is 9.47 Å². The van der Waals surface area contributed by atoms with Crippen LogP contribution in [0.4, 0.5) is 10.1 Å². The summed E-state index contributed by atoms with van der Waals surface area (Å²) in [4.78, 5) is 7.23. The van der Waals surface area contributed by atoms with Crippen molar-refractivity contribution in [1.29, 1.82) is 0 Å². The summed E-state index contributed by atoms with van der Waals surface area (Å²) >= 11 is 0. The summed E-state index contributed by atoms with van der Waals surface area (Å²) in [6.45, 7) is 1.88. The molecule has 1 saturated heterocycles. The van der Waals surface area contributed by atoms with Gasteiger partial charge in [0.05, 0.1) is 40.0 Å². The van der Waals surface area contributed by atoms with Gasteiger partial charge in [0, 0.05) is 66.9 Å². The molecule has 10 heteroatoms. The van der Waals surface area contributed by atoms with Crippen LogP contribution < -0.4 is 19.5 Å². The van der Waals surface area contributed by atoms with E-state index in [1.807, 2.05) is 30.6 Å². The molecular formula is C29H33FN4O5. The van der Waals surface area contributed by atoms with Crippen molar-refractivity contribution in [2.45, 2.75) is 37.6 Å². The molecule has 3 aliphatic rings. The van der Waals surface area contributed by atoms with Gasteiger partial charge in [-0.15, -0.1) is 0 Å². The summed E-state index contributed by atoms with van der Waals surface area (Å²) in [6, 6.07) is 5.59. The quantitative estimate of drug-likeness (QED) is 0.432. The van der Waals surface area contributed by atoms with Gasteiger partial charge in [0.25, 0.3) is 0 Å². The van der Waals surface area contributed by atoms with E-state index in [-0.39, 0.29) is 23.7 Å². The smallest absolute Gasteiger partial charge is 0.203 e. The first-order chi connectivity index (χ1) is 18.9. The van der Waals surface area contributed by atoms with Gasteiger partial charge in [-0.1, -0.05) is 0 Å². The van der Waals surface area contributed by atoms with Crippen LogP contribution in [0.15, 0.2) is 64.4 Å². The molecule has 3 aromatic rings. The number of aliphatic hydroxyl groups is 1. The van der Waals surface area contributed by atoms with E-state index >= 15 is 4.39 Å². The number of fused-ring (bicyclic) bond motifs is 1. The van der Waals surface area contributed by atoms with Crippen LogP contribution in [-0.4, -0.2) is 66.6 Å². The van der Waals surface area contributed by atoms with Crippen LogP contribution in [0.2, 0.25) is 0 Å². The lowest BCUT2D eigenvalue weighted by Gasteiger charge is -2.47. The van der Waals surface area contributed by atoms with Gasteiger partial charge < -0.3 is 33.6 Å². The molecule has 206 valence electrons. The Balaban J connectivity index is 1.38. The lowest BCUT2D eigenvalue weighted by atomic mass is 9.71. The van der Waals surface area contributed by atoms with Gasteiger partial charge in [-0.2, -0.15) is 0 Å². The van der Waals surface area contributed by atoms with Gasteiger partial charge in [-0.05, 0) is 37.0 Å². The zero-order chi connectivity index (χ0) is 27.1. The van der Waals surface area contributed by atoms with Crippen LogP contribution in [0.5, 0.6) is 17.2 Å². The molecule has 1 aromatic carbocycles. The molecule has 0 spiro atoms. The van der Waals surface area contributed by atoms with E-state index in [4.69, 9.17) is 23.6 Å². The van der Waals surface area contributed by atoms with E-state index < -0.39 is 5.66 Å². The van der Waals surface area contributed by atoms with Crippen molar-refractivity contribution >= 4 is 11.5 Å². The number of aromatic nitrogens is 1. The molecule has 2 aromatic heterocycles. The first-order valence-corrected chi connectivity index (χ1v) is 13.1. The highest BCUT2D eigenvalue weighted by molar-refractivity contribution is 5.99. The summed E-state index contributed by atoms with van der Waals surface area (Å²) in [5.41, 5.74) is 2.94. The molecule has 2 fully saturated rings. The largest absolute Gasteiger partial charge is 0.493 e. The summed E-state index contributed by atoms with van der Waals surface area (Å²) in [6.07, 6.45) is 10.8. The van der Waals surface area contributed by atoms with Crippen LogP contribution >= 0.6 is 0 Å². The first-order valence-electron chi connectivity index (χ1n) is 13.1. The fourth-order valence-electron chi connectivity index (χ4n) is 5.77. The summed E-state index contributed by atoms with van der Waals surface area (Å²) in [7, 11) is 4.72. The highest BCUT2D eigenvalue weighted by Gasteiger charge is 2.48. The molecule has 4 heterocycles. The maximum Gasteiger partial charge on any atom is 0.203 e. The van der Waals surface area contributed by atoms with Gasteiger partial charge in [0.2, 0.25) is 5.75 Å². The molecule has 9 nitrogen and oxygen atoms in total. The number of nitrogens with zero attached hydrogens (tertiary/aromatic N) is 3. The Kier molecular flexibility index (Phi) is 6.60. The Morgan fingerprint density at radius 2 is 1.92 bits per heavy atom. The van der Waals surface area contributed by atoms with Gasteiger partial charge >= 0.3 is 0 Å². The number of benzene rings is 1. The molecule has 0 radical (unpaired) electrons. The molecule has 6 rings (SSSR count). The number of ether oxygens (including phenoxy) is 3. The number of halogens is 1. The average molecular weight is 537 g/mol. The number of hydrogen-bond acceptors (Lipinski definition) is 8. The number of likely N-dealkylation sites (tertiary alicyclic amines) is 1. The minimum atomic E-state index is -0.688. The number of aliphatic imine (C=N–C) groups is 1. The van der Waals surface area contributed by atoms with E-state index in [2.05, 4.69) is 10.2 Å². The highest BCUT2D eigenvalue weighted by Crippen LogP contribution is 2.48. The molecule has 39 heavy (non-hydrogen) atoms. The van der Waals surface area contributed by atoms with E-state index in [0.717, 1.165) is 35.2 Å². The number of hydrogen-bond donors (Lipinski definition) is 2. The standard InChI is InChI=1S/C29H33FN4O5/c1-36-25-10-21(11-26(37-2)27(25)38-3)31-29-8-6-20(29)4-5-24(30)28(32-29)34-13-19(12-33-14-22(35)15-33)23(16-34)18-7-9-39-17-18/h5,7,9-11,13,16-17,20,22,31,35H,4,6,8,12,14-15H2,1-3H3. The van der Waals surface area contributed by atoms with Crippen LogP contribution in [0.3, 0.4) is 0 Å².